The summed E-state index contributed by atoms with van der Waals surface area (Å²) in [5, 5.41) is 0. The van der Waals surface area contributed by atoms with Gasteiger partial charge in [0.25, 0.3) is 0 Å². The van der Waals surface area contributed by atoms with E-state index in [2.05, 4.69) is 11.1 Å². The number of benzene rings is 1. The van der Waals surface area contributed by atoms with Crippen LogP contribution >= 0.6 is 0 Å². The van der Waals surface area contributed by atoms with Gasteiger partial charge in [-0.3, -0.25) is 0 Å². The maximum absolute atomic E-state index is 5.64. The average molecular weight is 228 g/mol. The van der Waals surface area contributed by atoms with Gasteiger partial charge in [0, 0.05) is 18.0 Å². The maximum atomic E-state index is 5.64. The molecule has 0 spiro atoms. The van der Waals surface area contributed by atoms with Gasteiger partial charge in [0.05, 0.1) is 0 Å². The first-order chi connectivity index (χ1) is 8.36. The lowest BCUT2D eigenvalue weighted by Crippen LogP contribution is -2.08. The molecule has 1 aliphatic carbocycles. The van der Waals surface area contributed by atoms with E-state index in [9.17, 15) is 0 Å². The number of hydrogen-bond donors (Lipinski definition) is 1. The molecule has 0 saturated heterocycles. The van der Waals surface area contributed by atoms with Crippen molar-refractivity contribution < 1.29 is 4.42 Å². The Hall–Kier alpha value is -1.61. The van der Waals surface area contributed by atoms with E-state index in [0.717, 1.165) is 22.7 Å². The second-order valence-corrected chi connectivity index (χ2v) is 4.60. The third-order valence-electron chi connectivity index (χ3n) is 3.43. The molecule has 2 N–H and O–H groups in total. The van der Waals surface area contributed by atoms with Gasteiger partial charge in [-0.25, -0.2) is 4.98 Å². The number of hydrogen-bond acceptors (Lipinski definition) is 3. The van der Waals surface area contributed by atoms with Gasteiger partial charge in [-0.05, 0) is 24.5 Å². The van der Waals surface area contributed by atoms with Gasteiger partial charge in [-0.1, -0.05) is 24.6 Å². The van der Waals surface area contributed by atoms with Gasteiger partial charge in [-0.2, -0.15) is 0 Å². The Balaban J connectivity index is 1.89. The fraction of sp³-hybridized carbons (Fsp3) is 0.357. The lowest BCUT2D eigenvalue weighted by molar-refractivity contribution is 0.335. The first-order valence-corrected chi connectivity index (χ1v) is 6.11. The van der Waals surface area contributed by atoms with Gasteiger partial charge in [-0.15, -0.1) is 0 Å². The highest BCUT2D eigenvalue weighted by molar-refractivity contribution is 5.59. The van der Waals surface area contributed by atoms with E-state index in [1.807, 2.05) is 18.2 Å². The summed E-state index contributed by atoms with van der Waals surface area (Å²) in [5.74, 6) is 1.44. The van der Waals surface area contributed by atoms with Crippen LogP contribution in [0.4, 0.5) is 0 Å². The summed E-state index contributed by atoms with van der Waals surface area (Å²) in [5.41, 5.74) is 8.76. The second kappa shape index (κ2) is 4.34. The molecule has 88 valence electrons. The molecular formula is C14H16N2O. The Bertz CT molecular complexity index is 514. The zero-order valence-electron chi connectivity index (χ0n) is 9.73. The minimum Gasteiger partial charge on any atom is -0.448 e. The van der Waals surface area contributed by atoms with E-state index < -0.39 is 0 Å². The van der Waals surface area contributed by atoms with Crippen LogP contribution < -0.4 is 5.73 Å². The average Bonchev–Trinajstić information content (AvgIpc) is 2.76. The zero-order chi connectivity index (χ0) is 11.7. The normalized spacial score (nSPS) is 15.8. The summed E-state index contributed by atoms with van der Waals surface area (Å²) in [6.45, 7) is 0.557. The Morgan fingerprint density at radius 1 is 1.35 bits per heavy atom. The smallest absolute Gasteiger partial charge is 0.197 e. The molecule has 0 aliphatic heterocycles. The van der Waals surface area contributed by atoms with Crippen LogP contribution in [-0.4, -0.2) is 4.98 Å². The molecule has 0 atom stereocenters. The third kappa shape index (κ3) is 1.98. The number of nitrogens with two attached hydrogens (primary N) is 1. The molecule has 0 bridgehead atoms. The van der Waals surface area contributed by atoms with Crippen LogP contribution in [0.25, 0.3) is 11.3 Å². The molecule has 2 aromatic rings. The zero-order valence-corrected chi connectivity index (χ0v) is 9.73. The maximum Gasteiger partial charge on any atom is 0.197 e. The first-order valence-electron chi connectivity index (χ1n) is 6.11. The van der Waals surface area contributed by atoms with Crippen LogP contribution in [0.5, 0.6) is 0 Å². The van der Waals surface area contributed by atoms with E-state index in [-0.39, 0.29) is 0 Å². The first kappa shape index (κ1) is 10.5. The molecule has 1 aromatic carbocycles. The molecule has 1 aliphatic rings. The van der Waals surface area contributed by atoms with Crippen LogP contribution in [0, 0.1) is 0 Å². The second-order valence-electron chi connectivity index (χ2n) is 4.60. The minimum atomic E-state index is 0.543. The lowest BCUT2D eigenvalue weighted by atomic mass is 9.85. The minimum absolute atomic E-state index is 0.543. The van der Waals surface area contributed by atoms with Crippen molar-refractivity contribution in [1.29, 1.82) is 0 Å². The van der Waals surface area contributed by atoms with Crippen molar-refractivity contribution in [1.82, 2.24) is 4.98 Å². The monoisotopic (exact) mass is 228 g/mol. The van der Waals surface area contributed by atoms with E-state index in [1.165, 1.54) is 19.3 Å². The summed E-state index contributed by atoms with van der Waals surface area (Å²) in [7, 11) is 0. The Morgan fingerprint density at radius 2 is 2.24 bits per heavy atom. The molecule has 3 nitrogen and oxygen atoms in total. The molecule has 1 fully saturated rings. The summed E-state index contributed by atoms with van der Waals surface area (Å²) in [4.78, 5) is 4.57. The molecule has 0 amide bonds. The molecule has 1 saturated carbocycles. The molecule has 3 heteroatoms. The Labute approximate surface area is 101 Å². The van der Waals surface area contributed by atoms with Crippen LogP contribution in [0.3, 0.4) is 0 Å². The SMILES string of the molecule is NCc1cccc(-c2coc(C3CCC3)n2)c1. The topological polar surface area (TPSA) is 52.0 Å². The van der Waals surface area contributed by atoms with Gasteiger partial charge < -0.3 is 10.2 Å². The molecule has 3 rings (SSSR count). The molecule has 0 unspecified atom stereocenters. The molecular weight excluding hydrogens is 212 g/mol. The van der Waals surface area contributed by atoms with Gasteiger partial charge in [0.15, 0.2) is 5.89 Å². The standard InChI is InChI=1S/C14H16N2O/c15-8-10-3-1-6-12(7-10)13-9-17-14(16-13)11-4-2-5-11/h1,3,6-7,9,11H,2,4-5,8,15H2. The number of nitrogens with zero attached hydrogens (tertiary/aromatic N) is 1. The highest BCUT2D eigenvalue weighted by atomic mass is 16.3. The van der Waals surface area contributed by atoms with E-state index >= 15 is 0 Å². The van der Waals surface area contributed by atoms with Crippen molar-refractivity contribution in [2.75, 3.05) is 0 Å². The Morgan fingerprint density at radius 3 is 2.94 bits per heavy atom. The predicted octanol–water partition coefficient (Wildman–Crippen LogP) is 3.07. The van der Waals surface area contributed by atoms with E-state index in [4.69, 9.17) is 10.2 Å². The Kier molecular flexibility index (Phi) is 2.69. The van der Waals surface area contributed by atoms with E-state index in [1.54, 1.807) is 6.26 Å². The van der Waals surface area contributed by atoms with Crippen molar-refractivity contribution in [2.45, 2.75) is 31.7 Å². The largest absolute Gasteiger partial charge is 0.448 e. The molecule has 17 heavy (non-hydrogen) atoms. The van der Waals surface area contributed by atoms with Crippen LogP contribution in [-0.2, 0) is 6.54 Å². The van der Waals surface area contributed by atoms with Crippen molar-refractivity contribution in [3.05, 3.63) is 42.0 Å². The van der Waals surface area contributed by atoms with Crippen molar-refractivity contribution in [3.63, 3.8) is 0 Å². The number of aromatic nitrogens is 1. The summed E-state index contributed by atoms with van der Waals surface area (Å²) in [6.07, 6.45) is 5.47. The summed E-state index contributed by atoms with van der Waals surface area (Å²) in [6, 6.07) is 8.15. The van der Waals surface area contributed by atoms with Gasteiger partial charge in [0.1, 0.15) is 12.0 Å². The molecule has 1 heterocycles. The number of rotatable bonds is 3. The van der Waals surface area contributed by atoms with Crippen LogP contribution in [0.2, 0.25) is 0 Å². The number of oxazole rings is 1. The van der Waals surface area contributed by atoms with E-state index in [0.29, 0.717) is 12.5 Å². The van der Waals surface area contributed by atoms with Crippen LogP contribution in [0.15, 0.2) is 34.9 Å². The fourth-order valence-corrected chi connectivity index (χ4v) is 2.12. The quantitative estimate of drug-likeness (QED) is 0.878. The summed E-state index contributed by atoms with van der Waals surface area (Å²) < 4.78 is 5.55. The lowest BCUT2D eigenvalue weighted by Gasteiger charge is -2.21. The van der Waals surface area contributed by atoms with Gasteiger partial charge in [0.2, 0.25) is 0 Å². The van der Waals surface area contributed by atoms with Crippen LogP contribution in [0.1, 0.15) is 36.6 Å². The van der Waals surface area contributed by atoms with Crippen molar-refractivity contribution >= 4 is 0 Å². The predicted molar refractivity (Wildman–Crippen MR) is 66.4 cm³/mol. The fourth-order valence-electron chi connectivity index (χ4n) is 2.12. The molecule has 0 radical (unpaired) electrons. The highest BCUT2D eigenvalue weighted by Crippen LogP contribution is 2.36. The third-order valence-corrected chi connectivity index (χ3v) is 3.43. The highest BCUT2D eigenvalue weighted by Gasteiger charge is 2.24. The van der Waals surface area contributed by atoms with Crippen molar-refractivity contribution in [2.24, 2.45) is 5.73 Å². The van der Waals surface area contributed by atoms with Crippen molar-refractivity contribution in [3.8, 4) is 11.3 Å². The van der Waals surface area contributed by atoms with Gasteiger partial charge >= 0.3 is 0 Å². The summed E-state index contributed by atoms with van der Waals surface area (Å²) >= 11 is 0. The molecule has 1 aromatic heterocycles.